The van der Waals surface area contributed by atoms with Gasteiger partial charge in [0, 0.05) is 18.0 Å². The average molecular weight is 312 g/mol. The Morgan fingerprint density at radius 1 is 1.39 bits per heavy atom. The van der Waals surface area contributed by atoms with E-state index in [1.54, 1.807) is 18.3 Å². The first-order chi connectivity index (χ1) is 8.61. The van der Waals surface area contributed by atoms with Crippen LogP contribution >= 0.6 is 15.9 Å². The minimum Gasteiger partial charge on any atom is -0.494 e. The summed E-state index contributed by atoms with van der Waals surface area (Å²) >= 11 is 3.34. The van der Waals surface area contributed by atoms with Crippen LogP contribution in [0.3, 0.4) is 0 Å². The second-order valence-electron chi connectivity index (χ2n) is 3.56. The summed E-state index contributed by atoms with van der Waals surface area (Å²) in [6.45, 7) is 0. The maximum atomic E-state index is 13.3. The minimum absolute atomic E-state index is 0.170. The zero-order valence-corrected chi connectivity index (χ0v) is 11.2. The predicted molar refractivity (Wildman–Crippen MR) is 72.6 cm³/mol. The highest BCUT2D eigenvalue weighted by atomic mass is 79.9. The third-order valence-electron chi connectivity index (χ3n) is 2.35. The number of nitrogens with two attached hydrogens (primary N) is 1. The summed E-state index contributed by atoms with van der Waals surface area (Å²) in [4.78, 5) is 3.94. The summed E-state index contributed by atoms with van der Waals surface area (Å²) in [5.41, 5.74) is 7.65. The number of anilines is 3. The Morgan fingerprint density at radius 2 is 2.17 bits per heavy atom. The predicted octanol–water partition coefficient (Wildman–Crippen LogP) is 3.32. The fraction of sp³-hybridized carbons (Fsp3) is 0.0833. The third-order valence-corrected chi connectivity index (χ3v) is 2.95. The normalized spacial score (nSPS) is 10.2. The van der Waals surface area contributed by atoms with E-state index in [9.17, 15) is 4.39 Å². The molecule has 3 N–H and O–H groups in total. The van der Waals surface area contributed by atoms with Crippen molar-refractivity contribution in [3.05, 3.63) is 40.9 Å². The van der Waals surface area contributed by atoms with Gasteiger partial charge in [-0.25, -0.2) is 4.39 Å². The minimum atomic E-state index is -0.412. The summed E-state index contributed by atoms with van der Waals surface area (Å²) in [5.74, 6) is -0.242. The molecule has 4 nitrogen and oxygen atoms in total. The van der Waals surface area contributed by atoms with Gasteiger partial charge in [-0.15, -0.1) is 0 Å². The van der Waals surface area contributed by atoms with Gasteiger partial charge in [-0.05, 0) is 28.1 Å². The Hall–Kier alpha value is -1.82. The Kier molecular flexibility index (Phi) is 3.66. The lowest BCUT2D eigenvalue weighted by Crippen LogP contribution is -1.99. The molecule has 0 fully saturated rings. The number of nitrogens with one attached hydrogen (secondary N) is 1. The molecule has 0 unspecified atom stereocenters. The summed E-state index contributed by atoms with van der Waals surface area (Å²) in [6.07, 6.45) is 3.16. The van der Waals surface area contributed by atoms with Gasteiger partial charge in [0.15, 0.2) is 11.6 Å². The molecular formula is C12H11BrFN3O. The van der Waals surface area contributed by atoms with E-state index in [4.69, 9.17) is 10.5 Å². The quantitative estimate of drug-likeness (QED) is 0.913. The van der Waals surface area contributed by atoms with Gasteiger partial charge < -0.3 is 15.8 Å². The smallest absolute Gasteiger partial charge is 0.165 e. The molecular weight excluding hydrogens is 301 g/mol. The Labute approximate surface area is 112 Å². The molecule has 0 amide bonds. The van der Waals surface area contributed by atoms with Gasteiger partial charge in [-0.3, -0.25) is 4.98 Å². The number of hydrogen-bond donors (Lipinski definition) is 2. The third kappa shape index (κ3) is 2.53. The number of pyridine rings is 1. The van der Waals surface area contributed by atoms with Crippen molar-refractivity contribution in [3.8, 4) is 5.75 Å². The van der Waals surface area contributed by atoms with Crippen molar-refractivity contribution >= 4 is 33.0 Å². The first-order valence-corrected chi connectivity index (χ1v) is 5.90. The van der Waals surface area contributed by atoms with Crippen molar-refractivity contribution in [1.82, 2.24) is 4.98 Å². The molecule has 6 heteroatoms. The second-order valence-corrected chi connectivity index (χ2v) is 4.41. The molecule has 0 atom stereocenters. The van der Waals surface area contributed by atoms with Crippen LogP contribution in [0.2, 0.25) is 0 Å². The zero-order chi connectivity index (χ0) is 13.1. The molecule has 0 saturated carbocycles. The average Bonchev–Trinajstić information content (AvgIpc) is 2.36. The van der Waals surface area contributed by atoms with Gasteiger partial charge in [-0.1, -0.05) is 0 Å². The van der Waals surface area contributed by atoms with Gasteiger partial charge in [0.1, 0.15) is 0 Å². The molecule has 2 rings (SSSR count). The molecule has 0 aliphatic heterocycles. The maximum absolute atomic E-state index is 13.3. The van der Waals surface area contributed by atoms with E-state index in [-0.39, 0.29) is 5.75 Å². The van der Waals surface area contributed by atoms with Crippen molar-refractivity contribution in [2.45, 2.75) is 0 Å². The summed E-state index contributed by atoms with van der Waals surface area (Å²) < 4.78 is 18.9. The first-order valence-electron chi connectivity index (χ1n) is 5.11. The van der Waals surface area contributed by atoms with Crippen LogP contribution in [0.1, 0.15) is 0 Å². The highest BCUT2D eigenvalue weighted by Gasteiger charge is 2.08. The fourth-order valence-corrected chi connectivity index (χ4v) is 1.91. The van der Waals surface area contributed by atoms with Crippen LogP contribution in [0, 0.1) is 5.82 Å². The van der Waals surface area contributed by atoms with Crippen LogP contribution < -0.4 is 15.8 Å². The number of rotatable bonds is 3. The lowest BCUT2D eigenvalue weighted by molar-refractivity contribution is 0.387. The molecule has 0 aliphatic rings. The number of hydrogen-bond acceptors (Lipinski definition) is 4. The highest BCUT2D eigenvalue weighted by Crippen LogP contribution is 2.31. The molecule has 0 radical (unpaired) electrons. The van der Waals surface area contributed by atoms with E-state index in [0.29, 0.717) is 17.1 Å². The van der Waals surface area contributed by atoms with Crippen molar-refractivity contribution in [1.29, 1.82) is 0 Å². The van der Waals surface area contributed by atoms with E-state index in [1.807, 2.05) is 0 Å². The SMILES string of the molecule is COc1cc(Nc2c(N)cncc2Br)ccc1F. The lowest BCUT2D eigenvalue weighted by Gasteiger charge is -2.12. The van der Waals surface area contributed by atoms with Gasteiger partial charge in [0.25, 0.3) is 0 Å². The fourth-order valence-electron chi connectivity index (χ4n) is 1.46. The molecule has 0 bridgehead atoms. The molecule has 2 aromatic rings. The van der Waals surface area contributed by atoms with Gasteiger partial charge >= 0.3 is 0 Å². The first kappa shape index (κ1) is 12.6. The lowest BCUT2D eigenvalue weighted by atomic mass is 10.2. The number of aromatic nitrogens is 1. The van der Waals surface area contributed by atoms with Crippen LogP contribution in [0.15, 0.2) is 35.1 Å². The standard InChI is InChI=1S/C12H11BrFN3O/c1-18-11-4-7(2-3-9(11)14)17-12-8(13)5-16-6-10(12)15/h2-6H,15H2,1H3,(H,16,17). The van der Waals surface area contributed by atoms with Crippen LogP contribution in [0.25, 0.3) is 0 Å². The summed E-state index contributed by atoms with van der Waals surface area (Å²) in [6, 6.07) is 4.48. The monoisotopic (exact) mass is 311 g/mol. The number of methoxy groups -OCH3 is 1. The van der Waals surface area contributed by atoms with E-state index in [1.165, 1.54) is 19.4 Å². The van der Waals surface area contributed by atoms with E-state index < -0.39 is 5.82 Å². The molecule has 18 heavy (non-hydrogen) atoms. The Morgan fingerprint density at radius 3 is 2.83 bits per heavy atom. The molecule has 0 spiro atoms. The van der Waals surface area contributed by atoms with Crippen molar-refractivity contribution in [2.75, 3.05) is 18.2 Å². The van der Waals surface area contributed by atoms with Crippen LogP contribution in [-0.4, -0.2) is 12.1 Å². The molecule has 1 heterocycles. The van der Waals surface area contributed by atoms with E-state index >= 15 is 0 Å². The molecule has 94 valence electrons. The van der Waals surface area contributed by atoms with Crippen molar-refractivity contribution < 1.29 is 9.13 Å². The van der Waals surface area contributed by atoms with Crippen LogP contribution in [-0.2, 0) is 0 Å². The van der Waals surface area contributed by atoms with E-state index in [2.05, 4.69) is 26.2 Å². The van der Waals surface area contributed by atoms with Crippen LogP contribution in [0.5, 0.6) is 5.75 Å². The topological polar surface area (TPSA) is 60.2 Å². The Balaban J connectivity index is 2.34. The maximum Gasteiger partial charge on any atom is 0.165 e. The van der Waals surface area contributed by atoms with Crippen molar-refractivity contribution in [2.24, 2.45) is 0 Å². The Bertz CT molecular complexity index is 557. The number of ether oxygens (including phenoxy) is 1. The second kappa shape index (κ2) is 5.22. The molecule has 0 aliphatic carbocycles. The van der Waals surface area contributed by atoms with Crippen molar-refractivity contribution in [3.63, 3.8) is 0 Å². The van der Waals surface area contributed by atoms with Gasteiger partial charge in [0.05, 0.1) is 29.2 Å². The molecule has 0 saturated heterocycles. The zero-order valence-electron chi connectivity index (χ0n) is 9.58. The summed E-state index contributed by atoms with van der Waals surface area (Å²) in [7, 11) is 1.42. The molecule has 1 aromatic carbocycles. The van der Waals surface area contributed by atoms with E-state index in [0.717, 1.165) is 4.47 Å². The van der Waals surface area contributed by atoms with Gasteiger partial charge in [0.2, 0.25) is 0 Å². The number of nitrogen functional groups attached to an aromatic ring is 1. The number of halogens is 2. The number of benzene rings is 1. The molecule has 1 aromatic heterocycles. The summed E-state index contributed by atoms with van der Waals surface area (Å²) in [5, 5.41) is 3.08. The number of nitrogens with zero attached hydrogens (tertiary/aromatic N) is 1. The largest absolute Gasteiger partial charge is 0.494 e. The highest BCUT2D eigenvalue weighted by molar-refractivity contribution is 9.10. The van der Waals surface area contributed by atoms with Crippen LogP contribution in [0.4, 0.5) is 21.5 Å². The van der Waals surface area contributed by atoms with Gasteiger partial charge in [-0.2, -0.15) is 0 Å².